The number of Topliss-reactive ketones (excluding diaryl/α,β-unsaturated/α-hetero) is 1. The maximum Gasteiger partial charge on any atom is 0.289 e. The lowest BCUT2D eigenvalue weighted by Gasteiger charge is -2.43. The van der Waals surface area contributed by atoms with Gasteiger partial charge in [-0.15, -0.1) is 11.3 Å². The number of amides is 5. The van der Waals surface area contributed by atoms with E-state index >= 15 is 0 Å². The number of hydrogen-bond acceptors (Lipinski definition) is 7. The van der Waals surface area contributed by atoms with E-state index in [2.05, 4.69) is 28.2 Å². The maximum atomic E-state index is 14.8. The van der Waals surface area contributed by atoms with Crippen LogP contribution in [0.1, 0.15) is 119 Å². The molecule has 5 saturated carbocycles. The molecule has 0 spiro atoms. The normalized spacial score (nSPS) is 27.6. The van der Waals surface area contributed by atoms with Crippen molar-refractivity contribution in [1.29, 1.82) is 0 Å². The topological polar surface area (TPSA) is 154 Å². The number of ketones is 1. The van der Waals surface area contributed by atoms with Crippen molar-refractivity contribution < 1.29 is 28.8 Å². The Morgan fingerprint density at radius 3 is 2.28 bits per heavy atom. The highest BCUT2D eigenvalue weighted by Crippen LogP contribution is 2.51. The third-order valence-corrected chi connectivity index (χ3v) is 13.3. The Morgan fingerprint density at radius 1 is 0.900 bits per heavy atom. The first kappa shape index (κ1) is 35.1. The second-order valence-electron chi connectivity index (χ2n) is 16.4. The number of carbonyl (C=O) groups excluding carboxylic acids is 6. The summed E-state index contributed by atoms with van der Waals surface area (Å²) < 4.78 is 0. The summed E-state index contributed by atoms with van der Waals surface area (Å²) in [7, 11) is 0. The molecule has 5 aliphatic carbocycles. The fourth-order valence-electron chi connectivity index (χ4n) is 8.91. The highest BCUT2D eigenvalue weighted by molar-refractivity contribution is 7.12. The van der Waals surface area contributed by atoms with Crippen LogP contribution in [0, 0.1) is 29.1 Å². The van der Waals surface area contributed by atoms with Crippen molar-refractivity contribution in [3.63, 3.8) is 0 Å². The molecule has 1 saturated heterocycles. The van der Waals surface area contributed by atoms with Crippen molar-refractivity contribution in [2.45, 2.75) is 140 Å². The lowest BCUT2D eigenvalue weighted by molar-refractivity contribution is -0.147. The third kappa shape index (κ3) is 7.95. The van der Waals surface area contributed by atoms with Gasteiger partial charge in [0.15, 0.2) is 0 Å². The molecule has 1 aromatic heterocycles. The number of nitrogens with zero attached hydrogens (tertiary/aromatic N) is 1. The Morgan fingerprint density at radius 2 is 1.62 bits per heavy atom. The summed E-state index contributed by atoms with van der Waals surface area (Å²) in [4.78, 5) is 84.8. The second-order valence-corrected chi connectivity index (χ2v) is 17.4. The van der Waals surface area contributed by atoms with Crippen molar-refractivity contribution in [3.05, 3.63) is 22.4 Å². The summed E-state index contributed by atoms with van der Waals surface area (Å²) in [6.07, 6.45) is 14.1. The number of thiophene rings is 1. The summed E-state index contributed by atoms with van der Waals surface area (Å²) in [6, 6.07) is 0.293. The van der Waals surface area contributed by atoms with Gasteiger partial charge in [0.1, 0.15) is 18.1 Å². The van der Waals surface area contributed by atoms with Crippen molar-refractivity contribution in [2.24, 2.45) is 29.1 Å². The molecule has 1 unspecified atom stereocenters. The van der Waals surface area contributed by atoms with E-state index in [4.69, 9.17) is 0 Å². The Bertz CT molecular complexity index is 1460. The van der Waals surface area contributed by atoms with E-state index in [0.29, 0.717) is 23.8 Å². The van der Waals surface area contributed by atoms with E-state index < -0.39 is 41.3 Å². The average molecular weight is 708 g/mol. The molecule has 1 aliphatic heterocycles. The van der Waals surface area contributed by atoms with Gasteiger partial charge in [0.25, 0.3) is 11.8 Å². The largest absolute Gasteiger partial charge is 0.347 e. The number of nitrogens with one attached hydrogen (secondary N) is 4. The SMILES string of the molecule is CC1([C@H](NC(=O)[C@@H](NC(=O)c2cccs2)C2CCCCC2)C(=O)N2C[C@@H]3C[C@@H]3[C@H]2C(=O)NC(CC2CC2)C(=O)C(=O)NC2CC2)CCCCC1. The van der Waals surface area contributed by atoms with Crippen molar-refractivity contribution >= 4 is 46.7 Å². The van der Waals surface area contributed by atoms with Crippen LogP contribution in [0.2, 0.25) is 0 Å². The highest BCUT2D eigenvalue weighted by atomic mass is 32.1. The zero-order valence-corrected chi connectivity index (χ0v) is 30.1. The molecule has 5 amide bonds. The first-order chi connectivity index (χ1) is 24.1. The molecule has 4 N–H and O–H groups in total. The number of fused-ring (bicyclic) bond motifs is 1. The summed E-state index contributed by atoms with van der Waals surface area (Å²) >= 11 is 1.33. The second kappa shape index (κ2) is 14.8. The third-order valence-electron chi connectivity index (χ3n) is 12.4. The molecule has 50 heavy (non-hydrogen) atoms. The molecule has 11 nitrogen and oxygen atoms in total. The van der Waals surface area contributed by atoms with Gasteiger partial charge in [-0.05, 0) is 91.9 Å². The first-order valence-corrected chi connectivity index (χ1v) is 20.1. The number of rotatable bonds is 14. The van der Waals surface area contributed by atoms with Crippen LogP contribution in [0.3, 0.4) is 0 Å². The molecule has 6 fully saturated rings. The van der Waals surface area contributed by atoms with E-state index in [9.17, 15) is 28.8 Å². The van der Waals surface area contributed by atoms with Gasteiger partial charge in [0.2, 0.25) is 23.5 Å². The van der Waals surface area contributed by atoms with Gasteiger partial charge in [-0.25, -0.2) is 0 Å². The van der Waals surface area contributed by atoms with Crippen LogP contribution in [-0.4, -0.2) is 77.0 Å². The van der Waals surface area contributed by atoms with Gasteiger partial charge in [0.05, 0.1) is 10.9 Å². The monoisotopic (exact) mass is 707 g/mol. The van der Waals surface area contributed by atoms with Crippen LogP contribution in [0.5, 0.6) is 0 Å². The van der Waals surface area contributed by atoms with Crippen molar-refractivity contribution in [3.8, 4) is 0 Å². The standard InChI is InChI=1S/C38H53N5O6S/c1-38(16-6-3-7-17-38)32(42-34(46)29(23-9-4-2-5-10-23)41-33(45)28-11-8-18-50-28)37(49)43-21-24-20-26(24)30(43)35(47)40-27(19-22-12-13-22)31(44)36(48)39-25-14-15-25/h8,11,18,22-27,29-30,32H,2-7,9-10,12-17,19-21H2,1H3,(H,39,48)(H,40,47)(H,41,45)(H,42,46)/t24-,26-,27?,29-,30-,32+/m0/s1. The molecule has 1 aromatic rings. The quantitative estimate of drug-likeness (QED) is 0.216. The van der Waals surface area contributed by atoms with Gasteiger partial charge < -0.3 is 26.2 Å². The summed E-state index contributed by atoms with van der Waals surface area (Å²) in [6.45, 7) is 2.50. The van der Waals surface area contributed by atoms with E-state index in [-0.39, 0.29) is 47.4 Å². The molecule has 6 atom stereocenters. The van der Waals surface area contributed by atoms with Gasteiger partial charge in [0, 0.05) is 12.6 Å². The Kier molecular flexibility index (Phi) is 10.4. The zero-order chi connectivity index (χ0) is 35.0. The molecule has 7 rings (SSSR count). The molecule has 0 bridgehead atoms. The minimum atomic E-state index is -0.918. The predicted molar refractivity (Wildman–Crippen MR) is 188 cm³/mol. The minimum absolute atomic E-state index is 0.00787. The van der Waals surface area contributed by atoms with Crippen molar-refractivity contribution in [1.82, 2.24) is 26.2 Å². The Balaban J connectivity index is 1.10. The number of hydrogen-bond donors (Lipinski definition) is 4. The van der Waals surface area contributed by atoms with Crippen LogP contribution in [0.15, 0.2) is 17.5 Å². The van der Waals surface area contributed by atoms with Gasteiger partial charge in [-0.2, -0.15) is 0 Å². The zero-order valence-electron chi connectivity index (χ0n) is 29.3. The lowest BCUT2D eigenvalue weighted by Crippen LogP contribution is -2.63. The Hall–Kier alpha value is -3.28. The molecule has 12 heteroatoms. The minimum Gasteiger partial charge on any atom is -0.347 e. The number of piperidine rings is 1. The molecule has 0 radical (unpaired) electrons. The lowest BCUT2D eigenvalue weighted by atomic mass is 9.69. The van der Waals surface area contributed by atoms with E-state index in [1.165, 1.54) is 11.3 Å². The summed E-state index contributed by atoms with van der Waals surface area (Å²) in [5.41, 5.74) is -0.515. The molecule has 6 aliphatic rings. The highest BCUT2D eigenvalue weighted by Gasteiger charge is 2.59. The Labute approximate surface area is 298 Å². The molecular formula is C38H53N5O6S. The maximum absolute atomic E-state index is 14.8. The molecular weight excluding hydrogens is 655 g/mol. The van der Waals surface area contributed by atoms with Crippen LogP contribution >= 0.6 is 11.3 Å². The molecule has 0 aromatic carbocycles. The van der Waals surface area contributed by atoms with Crippen LogP contribution in [0.4, 0.5) is 0 Å². The van der Waals surface area contributed by atoms with Gasteiger partial charge in [-0.1, -0.05) is 64.4 Å². The predicted octanol–water partition coefficient (Wildman–Crippen LogP) is 3.86. The molecule has 272 valence electrons. The number of likely N-dealkylation sites (tertiary alicyclic amines) is 1. The number of carbonyl (C=O) groups is 6. The van der Waals surface area contributed by atoms with Gasteiger partial charge >= 0.3 is 0 Å². The van der Waals surface area contributed by atoms with Crippen LogP contribution in [-0.2, 0) is 24.0 Å². The van der Waals surface area contributed by atoms with Crippen molar-refractivity contribution in [2.75, 3.05) is 6.54 Å². The van der Waals surface area contributed by atoms with E-state index in [1.807, 2.05) is 11.4 Å². The van der Waals surface area contributed by atoms with E-state index in [0.717, 1.165) is 96.3 Å². The molecule has 2 heterocycles. The fraction of sp³-hybridized carbons (Fsp3) is 0.737. The average Bonchev–Trinajstić information content (AvgIpc) is 4.09. The summed E-state index contributed by atoms with van der Waals surface area (Å²) in [5.74, 6) is -2.07. The van der Waals surface area contributed by atoms with Crippen LogP contribution in [0.25, 0.3) is 0 Å². The summed E-state index contributed by atoms with van der Waals surface area (Å²) in [5, 5.41) is 13.8. The van der Waals surface area contributed by atoms with E-state index in [1.54, 1.807) is 11.0 Å². The smallest absolute Gasteiger partial charge is 0.289 e. The fourth-order valence-corrected chi connectivity index (χ4v) is 9.54. The first-order valence-electron chi connectivity index (χ1n) is 19.2. The van der Waals surface area contributed by atoms with Crippen LogP contribution < -0.4 is 21.3 Å². The van der Waals surface area contributed by atoms with Gasteiger partial charge in [-0.3, -0.25) is 28.8 Å².